The van der Waals surface area contributed by atoms with Crippen LogP contribution >= 0.6 is 0 Å². The summed E-state index contributed by atoms with van der Waals surface area (Å²) in [6.45, 7) is 12.4. The molecule has 0 saturated carbocycles. The Bertz CT molecular complexity index is 1090. The average molecular weight is 432 g/mol. The molecule has 4 nitrogen and oxygen atoms in total. The third-order valence-electron chi connectivity index (χ3n) is 6.36. The van der Waals surface area contributed by atoms with Crippen molar-refractivity contribution in [2.45, 2.75) is 78.0 Å². The van der Waals surface area contributed by atoms with Crippen LogP contribution in [0.25, 0.3) is 5.57 Å². The molecule has 0 amide bonds. The predicted molar refractivity (Wildman–Crippen MR) is 128 cm³/mol. The van der Waals surface area contributed by atoms with Crippen LogP contribution in [0.1, 0.15) is 78.5 Å². The van der Waals surface area contributed by atoms with E-state index in [0.717, 1.165) is 59.9 Å². The van der Waals surface area contributed by atoms with Crippen molar-refractivity contribution in [2.24, 2.45) is 0 Å². The van der Waals surface area contributed by atoms with E-state index in [1.165, 1.54) is 16.8 Å². The number of aryl methyl sites for hydroxylation is 1. The van der Waals surface area contributed by atoms with Gasteiger partial charge in [-0.3, -0.25) is 4.79 Å². The van der Waals surface area contributed by atoms with Gasteiger partial charge in [0.25, 0.3) is 0 Å². The molecule has 0 bridgehead atoms. The van der Waals surface area contributed by atoms with Gasteiger partial charge >= 0.3 is 0 Å². The smallest absolute Gasteiger partial charge is 0.184 e. The van der Waals surface area contributed by atoms with Crippen LogP contribution in [0.5, 0.6) is 0 Å². The summed E-state index contributed by atoms with van der Waals surface area (Å²) in [5.74, 6) is 0.0615. The summed E-state index contributed by atoms with van der Waals surface area (Å²) < 4.78 is 8.33. The second-order valence-electron chi connectivity index (χ2n) is 9.91. The van der Waals surface area contributed by atoms with Crippen molar-refractivity contribution < 1.29 is 14.3 Å². The zero-order chi connectivity index (χ0) is 23.0. The minimum Gasteiger partial charge on any atom is -0.361 e. The normalized spacial score (nSPS) is 17.1. The van der Waals surface area contributed by atoms with E-state index in [2.05, 4.69) is 42.3 Å². The van der Waals surface area contributed by atoms with Gasteiger partial charge in [0.05, 0.1) is 11.3 Å². The summed E-state index contributed by atoms with van der Waals surface area (Å²) in [5.41, 5.74) is 7.78. The van der Waals surface area contributed by atoms with Gasteiger partial charge in [0.15, 0.2) is 12.1 Å². The van der Waals surface area contributed by atoms with Crippen LogP contribution in [0.3, 0.4) is 0 Å². The average Bonchev–Trinajstić information content (AvgIpc) is 3.08. The molecule has 0 fully saturated rings. The van der Waals surface area contributed by atoms with E-state index in [4.69, 9.17) is 4.74 Å². The number of hydrogen-bond acceptors (Lipinski definition) is 3. The first-order valence-corrected chi connectivity index (χ1v) is 11.6. The predicted octanol–water partition coefficient (Wildman–Crippen LogP) is 5.63. The summed E-state index contributed by atoms with van der Waals surface area (Å²) in [6.07, 6.45) is 6.30. The Hall–Kier alpha value is -2.72. The van der Waals surface area contributed by atoms with Crippen molar-refractivity contribution in [2.75, 3.05) is 0 Å². The first kappa shape index (κ1) is 22.5. The Morgan fingerprint density at radius 2 is 1.84 bits per heavy atom. The third kappa shape index (κ3) is 4.04. The first-order chi connectivity index (χ1) is 15.2. The topological polar surface area (TPSA) is 48.3 Å². The molecular weight excluding hydrogens is 398 g/mol. The van der Waals surface area contributed by atoms with E-state index in [9.17, 15) is 9.59 Å². The van der Waals surface area contributed by atoms with E-state index in [0.29, 0.717) is 6.54 Å². The summed E-state index contributed by atoms with van der Waals surface area (Å²) in [7, 11) is 0. The molecule has 0 spiro atoms. The zero-order valence-corrected chi connectivity index (χ0v) is 19.7. The van der Waals surface area contributed by atoms with Gasteiger partial charge in [0.1, 0.15) is 6.10 Å². The molecule has 1 aromatic heterocycles. The maximum absolute atomic E-state index is 13.6. The van der Waals surface area contributed by atoms with E-state index < -0.39 is 11.7 Å². The fourth-order valence-corrected chi connectivity index (χ4v) is 5.12. The van der Waals surface area contributed by atoms with Crippen molar-refractivity contribution >= 4 is 17.6 Å². The van der Waals surface area contributed by atoms with Crippen LogP contribution < -0.4 is 0 Å². The SMILES string of the molecule is C=CCn1c2c(c3c1C(=O)CC(C(C=O)OC(C)(C)C)=C3c1ccc(C)cc1)CCCC2. The van der Waals surface area contributed by atoms with Crippen LogP contribution in [0.4, 0.5) is 0 Å². The maximum atomic E-state index is 13.6. The summed E-state index contributed by atoms with van der Waals surface area (Å²) >= 11 is 0. The van der Waals surface area contributed by atoms with Crippen molar-refractivity contribution in [1.29, 1.82) is 0 Å². The minimum atomic E-state index is -0.759. The van der Waals surface area contributed by atoms with Gasteiger partial charge in [0.2, 0.25) is 0 Å². The van der Waals surface area contributed by atoms with Crippen molar-refractivity contribution in [3.05, 3.63) is 76.1 Å². The molecule has 0 N–H and O–H groups in total. The number of allylic oxidation sites excluding steroid dienone is 1. The lowest BCUT2D eigenvalue weighted by Crippen LogP contribution is -2.33. The van der Waals surface area contributed by atoms with Gasteiger partial charge in [-0.2, -0.15) is 0 Å². The van der Waals surface area contributed by atoms with Crippen molar-refractivity contribution in [1.82, 2.24) is 4.57 Å². The van der Waals surface area contributed by atoms with Crippen LogP contribution in [0, 0.1) is 6.92 Å². The molecular formula is C28H33NO3. The summed E-state index contributed by atoms with van der Waals surface area (Å²) in [6, 6.07) is 8.38. The first-order valence-electron chi connectivity index (χ1n) is 11.6. The minimum absolute atomic E-state index is 0.0615. The largest absolute Gasteiger partial charge is 0.361 e. The van der Waals surface area contributed by atoms with Crippen molar-refractivity contribution in [3.63, 3.8) is 0 Å². The third-order valence-corrected chi connectivity index (χ3v) is 6.36. The molecule has 4 rings (SSSR count). The quantitative estimate of drug-likeness (QED) is 0.440. The number of Topliss-reactive ketones (excluding diaryl/α,β-unsaturated/α-hetero) is 1. The molecule has 1 atom stereocenters. The number of rotatable bonds is 6. The standard InChI is InChI=1S/C28H33NO3/c1-6-15-29-22-10-8-7-9-20(22)26-25(19-13-11-18(2)12-14-19)21(16-23(31)27(26)29)24(17-30)32-28(3,4)5/h6,11-14,17,24H,1,7-10,15-16H2,2-5H3. The molecule has 2 aliphatic rings. The molecule has 0 radical (unpaired) electrons. The van der Waals surface area contributed by atoms with E-state index in [1.807, 2.05) is 26.8 Å². The highest BCUT2D eigenvalue weighted by Crippen LogP contribution is 2.44. The van der Waals surface area contributed by atoms with Crippen LogP contribution in [0.2, 0.25) is 0 Å². The van der Waals surface area contributed by atoms with Crippen LogP contribution in [-0.2, 0) is 28.9 Å². The van der Waals surface area contributed by atoms with Crippen LogP contribution in [-0.4, -0.2) is 28.3 Å². The molecule has 168 valence electrons. The van der Waals surface area contributed by atoms with E-state index in [-0.39, 0.29) is 12.2 Å². The molecule has 2 aromatic rings. The number of ketones is 1. The Morgan fingerprint density at radius 3 is 2.47 bits per heavy atom. The lowest BCUT2D eigenvalue weighted by Gasteiger charge is -2.30. The van der Waals surface area contributed by atoms with E-state index in [1.54, 1.807) is 0 Å². The molecule has 32 heavy (non-hydrogen) atoms. The number of aldehydes is 1. The zero-order valence-electron chi connectivity index (χ0n) is 19.7. The van der Waals surface area contributed by atoms with Gasteiger partial charge in [-0.05, 0) is 75.7 Å². The summed E-state index contributed by atoms with van der Waals surface area (Å²) in [4.78, 5) is 25.8. The Balaban J connectivity index is 2.04. The lowest BCUT2D eigenvalue weighted by atomic mass is 9.79. The van der Waals surface area contributed by atoms with Gasteiger partial charge in [-0.15, -0.1) is 6.58 Å². The number of fused-ring (bicyclic) bond motifs is 3. The second kappa shape index (κ2) is 8.67. The monoisotopic (exact) mass is 431 g/mol. The number of hydrogen-bond donors (Lipinski definition) is 0. The van der Waals surface area contributed by atoms with Crippen LogP contribution in [0.15, 0.2) is 42.5 Å². The van der Waals surface area contributed by atoms with Gasteiger partial charge < -0.3 is 14.1 Å². The molecule has 1 aromatic carbocycles. The van der Waals surface area contributed by atoms with E-state index >= 15 is 0 Å². The highest BCUT2D eigenvalue weighted by molar-refractivity contribution is 6.09. The number of aromatic nitrogens is 1. The molecule has 1 heterocycles. The van der Waals surface area contributed by atoms with Gasteiger partial charge in [0, 0.05) is 24.2 Å². The summed E-state index contributed by atoms with van der Waals surface area (Å²) in [5, 5.41) is 0. The second-order valence-corrected chi connectivity index (χ2v) is 9.91. The van der Waals surface area contributed by atoms with Gasteiger partial charge in [-0.25, -0.2) is 0 Å². The fraction of sp³-hybridized carbons (Fsp3) is 0.429. The Morgan fingerprint density at radius 1 is 1.16 bits per heavy atom. The number of carbonyl (C=O) groups excluding carboxylic acids is 2. The molecule has 4 heteroatoms. The highest BCUT2D eigenvalue weighted by Gasteiger charge is 2.38. The molecule has 0 aliphatic heterocycles. The Labute approximate surface area is 191 Å². The molecule has 0 saturated heterocycles. The lowest BCUT2D eigenvalue weighted by molar-refractivity contribution is -0.123. The number of ether oxygens (including phenoxy) is 1. The maximum Gasteiger partial charge on any atom is 0.184 e. The van der Waals surface area contributed by atoms with Gasteiger partial charge in [-0.1, -0.05) is 35.9 Å². The Kier molecular flexibility index (Phi) is 6.09. The molecule has 1 unspecified atom stereocenters. The highest BCUT2D eigenvalue weighted by atomic mass is 16.5. The van der Waals surface area contributed by atoms with Crippen molar-refractivity contribution in [3.8, 4) is 0 Å². The number of nitrogens with zero attached hydrogens (tertiary/aromatic N) is 1. The number of carbonyl (C=O) groups is 2. The fourth-order valence-electron chi connectivity index (χ4n) is 5.12. The molecule has 2 aliphatic carbocycles. The number of benzene rings is 1.